The van der Waals surface area contributed by atoms with Gasteiger partial charge in [-0.25, -0.2) is 8.42 Å². The van der Waals surface area contributed by atoms with Crippen LogP contribution in [0.2, 0.25) is 5.02 Å². The monoisotopic (exact) mass is 563 g/mol. The molecule has 0 spiro atoms. The number of ether oxygens (including phenoxy) is 1. The van der Waals surface area contributed by atoms with E-state index in [1.54, 1.807) is 49.4 Å². The van der Waals surface area contributed by atoms with Gasteiger partial charge in [0.2, 0.25) is 21.8 Å². The summed E-state index contributed by atoms with van der Waals surface area (Å²) in [5.74, 6) is -0.388. The first-order valence-electron chi connectivity index (χ1n) is 13.2. The SMILES string of the molecule is CCOc1ccccc1N(CC(=O)N(Cc1ccccc1Cl)C(CC)C(=O)NC1CCCCC1)S(C)(=O)=O. The van der Waals surface area contributed by atoms with Crippen LogP contribution in [0, 0.1) is 0 Å². The van der Waals surface area contributed by atoms with Crippen LogP contribution < -0.4 is 14.4 Å². The highest BCUT2D eigenvalue weighted by Gasteiger charge is 2.33. The highest BCUT2D eigenvalue weighted by atomic mass is 35.5. The molecule has 2 aromatic carbocycles. The molecule has 0 aliphatic heterocycles. The van der Waals surface area contributed by atoms with Gasteiger partial charge in [0.05, 0.1) is 18.6 Å². The highest BCUT2D eigenvalue weighted by Crippen LogP contribution is 2.30. The summed E-state index contributed by atoms with van der Waals surface area (Å²) >= 11 is 6.42. The molecule has 0 heterocycles. The third kappa shape index (κ3) is 7.86. The summed E-state index contributed by atoms with van der Waals surface area (Å²) in [5.41, 5.74) is 0.939. The molecule has 8 nitrogen and oxygen atoms in total. The normalized spacial score (nSPS) is 14.9. The zero-order valence-corrected chi connectivity index (χ0v) is 23.9. The maximum absolute atomic E-state index is 13.9. The number of rotatable bonds is 12. The number of para-hydroxylation sites is 2. The lowest BCUT2D eigenvalue weighted by atomic mass is 9.95. The van der Waals surface area contributed by atoms with Gasteiger partial charge in [-0.1, -0.05) is 68.1 Å². The Morgan fingerprint density at radius 1 is 1.05 bits per heavy atom. The molecule has 3 rings (SSSR count). The third-order valence-corrected chi connectivity index (χ3v) is 8.24. The molecule has 1 fully saturated rings. The molecular formula is C28H38ClN3O5S. The molecule has 2 aromatic rings. The third-order valence-electron chi connectivity index (χ3n) is 6.75. The minimum atomic E-state index is -3.86. The van der Waals surface area contributed by atoms with Gasteiger partial charge >= 0.3 is 0 Å². The van der Waals surface area contributed by atoms with Crippen molar-refractivity contribution in [2.24, 2.45) is 0 Å². The fourth-order valence-corrected chi connectivity index (χ4v) is 5.86. The molecule has 208 valence electrons. The summed E-state index contributed by atoms with van der Waals surface area (Å²) < 4.78 is 32.5. The second kappa shape index (κ2) is 13.8. The van der Waals surface area contributed by atoms with Gasteiger partial charge in [-0.3, -0.25) is 13.9 Å². The quantitative estimate of drug-likeness (QED) is 0.401. The van der Waals surface area contributed by atoms with Crippen molar-refractivity contribution in [2.45, 2.75) is 71.0 Å². The molecule has 38 heavy (non-hydrogen) atoms. The van der Waals surface area contributed by atoms with E-state index in [1.165, 1.54) is 4.90 Å². The van der Waals surface area contributed by atoms with Crippen molar-refractivity contribution >= 4 is 39.1 Å². The maximum Gasteiger partial charge on any atom is 0.244 e. The molecule has 0 saturated heterocycles. The van der Waals surface area contributed by atoms with Gasteiger partial charge in [-0.05, 0) is 49.9 Å². The van der Waals surface area contributed by atoms with Crippen LogP contribution in [-0.2, 0) is 26.2 Å². The van der Waals surface area contributed by atoms with E-state index in [4.69, 9.17) is 16.3 Å². The topological polar surface area (TPSA) is 96.0 Å². The summed E-state index contributed by atoms with van der Waals surface area (Å²) in [6, 6.07) is 13.1. The molecule has 1 unspecified atom stereocenters. The van der Waals surface area contributed by atoms with Crippen LogP contribution in [0.3, 0.4) is 0 Å². The summed E-state index contributed by atoms with van der Waals surface area (Å²) in [5, 5.41) is 3.60. The molecular weight excluding hydrogens is 526 g/mol. The van der Waals surface area contributed by atoms with Crippen LogP contribution in [0.5, 0.6) is 5.75 Å². The number of hydrogen-bond acceptors (Lipinski definition) is 5. The minimum Gasteiger partial charge on any atom is -0.492 e. The van der Waals surface area contributed by atoms with Crippen LogP contribution in [0.4, 0.5) is 5.69 Å². The average molecular weight is 564 g/mol. The van der Waals surface area contributed by atoms with Crippen molar-refractivity contribution in [3.63, 3.8) is 0 Å². The Morgan fingerprint density at radius 3 is 2.34 bits per heavy atom. The van der Waals surface area contributed by atoms with E-state index >= 15 is 0 Å². The molecule has 1 saturated carbocycles. The van der Waals surface area contributed by atoms with Crippen molar-refractivity contribution in [1.29, 1.82) is 0 Å². The highest BCUT2D eigenvalue weighted by molar-refractivity contribution is 7.92. The van der Waals surface area contributed by atoms with E-state index in [9.17, 15) is 18.0 Å². The van der Waals surface area contributed by atoms with E-state index in [-0.39, 0.29) is 24.2 Å². The number of carbonyl (C=O) groups is 2. The molecule has 1 N–H and O–H groups in total. The lowest BCUT2D eigenvalue weighted by Crippen LogP contribution is -2.54. The Labute approximate surface area is 231 Å². The van der Waals surface area contributed by atoms with E-state index in [0.29, 0.717) is 29.4 Å². The lowest BCUT2D eigenvalue weighted by Gasteiger charge is -2.34. The zero-order chi connectivity index (χ0) is 27.7. The lowest BCUT2D eigenvalue weighted by molar-refractivity contribution is -0.140. The summed E-state index contributed by atoms with van der Waals surface area (Å²) in [6.45, 7) is 3.56. The van der Waals surface area contributed by atoms with Crippen LogP contribution in [-0.4, -0.2) is 56.6 Å². The molecule has 0 radical (unpaired) electrons. The predicted octanol–water partition coefficient (Wildman–Crippen LogP) is 4.76. The van der Waals surface area contributed by atoms with Crippen LogP contribution in [0.1, 0.15) is 57.9 Å². The Bertz CT molecular complexity index is 1200. The van der Waals surface area contributed by atoms with Gasteiger partial charge in [-0.15, -0.1) is 0 Å². The van der Waals surface area contributed by atoms with Crippen LogP contribution in [0.25, 0.3) is 0 Å². The number of nitrogens with zero attached hydrogens (tertiary/aromatic N) is 2. The predicted molar refractivity (Wildman–Crippen MR) is 151 cm³/mol. The molecule has 2 amide bonds. The van der Waals surface area contributed by atoms with Gasteiger partial charge in [0, 0.05) is 17.6 Å². The van der Waals surface area contributed by atoms with E-state index in [1.807, 2.05) is 13.0 Å². The van der Waals surface area contributed by atoms with Crippen LogP contribution >= 0.6 is 11.6 Å². The Kier molecular flexibility index (Phi) is 10.8. The maximum atomic E-state index is 13.9. The van der Waals surface area contributed by atoms with E-state index < -0.39 is 28.5 Å². The Balaban J connectivity index is 1.95. The smallest absolute Gasteiger partial charge is 0.244 e. The number of halogens is 1. The summed E-state index contributed by atoms with van der Waals surface area (Å²) in [7, 11) is -3.86. The van der Waals surface area contributed by atoms with Gasteiger partial charge in [-0.2, -0.15) is 0 Å². The number of carbonyl (C=O) groups excluding carboxylic acids is 2. The molecule has 1 aliphatic rings. The van der Waals surface area contributed by atoms with Crippen molar-refractivity contribution in [2.75, 3.05) is 23.7 Å². The number of benzene rings is 2. The van der Waals surface area contributed by atoms with Crippen molar-refractivity contribution < 1.29 is 22.7 Å². The van der Waals surface area contributed by atoms with Crippen molar-refractivity contribution in [3.05, 3.63) is 59.1 Å². The first-order chi connectivity index (χ1) is 18.2. The standard InChI is InChI=1S/C28H38ClN3O5S/c1-4-24(28(34)30-22-14-7-6-8-15-22)31(19-21-13-9-10-16-23(21)29)27(33)20-32(38(3,35)36)25-17-11-12-18-26(25)37-5-2/h9-13,16-18,22,24H,4-8,14-15,19-20H2,1-3H3,(H,30,34). The second-order valence-corrected chi connectivity index (χ2v) is 11.9. The van der Waals surface area contributed by atoms with Crippen LogP contribution in [0.15, 0.2) is 48.5 Å². The first-order valence-corrected chi connectivity index (χ1v) is 15.4. The fraction of sp³-hybridized carbons (Fsp3) is 0.500. The molecule has 10 heteroatoms. The average Bonchev–Trinajstić information content (AvgIpc) is 2.88. The number of hydrogen-bond donors (Lipinski definition) is 1. The van der Waals surface area contributed by atoms with Crippen molar-refractivity contribution in [1.82, 2.24) is 10.2 Å². The number of anilines is 1. The number of nitrogens with one attached hydrogen (secondary N) is 1. The first kappa shape index (κ1) is 29.8. The van der Waals surface area contributed by atoms with E-state index in [0.717, 1.165) is 42.7 Å². The Hall–Kier alpha value is -2.78. The summed E-state index contributed by atoms with van der Waals surface area (Å²) in [6.07, 6.45) is 6.52. The van der Waals surface area contributed by atoms with Gasteiger partial charge < -0.3 is 15.0 Å². The van der Waals surface area contributed by atoms with Gasteiger partial charge in [0.25, 0.3) is 0 Å². The number of amides is 2. The van der Waals surface area contributed by atoms with Crippen molar-refractivity contribution in [3.8, 4) is 5.75 Å². The summed E-state index contributed by atoms with van der Waals surface area (Å²) in [4.78, 5) is 28.8. The second-order valence-electron chi connectivity index (χ2n) is 9.55. The van der Waals surface area contributed by atoms with Gasteiger partial charge in [0.15, 0.2) is 0 Å². The molecule has 1 aliphatic carbocycles. The Morgan fingerprint density at radius 2 is 1.71 bits per heavy atom. The molecule has 1 atom stereocenters. The molecule has 0 aromatic heterocycles. The van der Waals surface area contributed by atoms with E-state index in [2.05, 4.69) is 5.32 Å². The molecule has 0 bridgehead atoms. The fourth-order valence-electron chi connectivity index (χ4n) is 4.81. The zero-order valence-electron chi connectivity index (χ0n) is 22.4. The van der Waals surface area contributed by atoms with Gasteiger partial charge in [0.1, 0.15) is 18.3 Å². The minimum absolute atomic E-state index is 0.0693. The number of sulfonamides is 1. The largest absolute Gasteiger partial charge is 0.492 e.